The van der Waals surface area contributed by atoms with Crippen LogP contribution in [0, 0.1) is 6.92 Å². The molecule has 0 saturated heterocycles. The molecule has 7 heteroatoms. The molecule has 0 unspecified atom stereocenters. The molecule has 0 saturated carbocycles. The van der Waals surface area contributed by atoms with Crippen molar-refractivity contribution in [3.8, 4) is 11.4 Å². The van der Waals surface area contributed by atoms with E-state index >= 15 is 0 Å². The zero-order valence-corrected chi connectivity index (χ0v) is 15.2. The van der Waals surface area contributed by atoms with Crippen LogP contribution in [0.2, 0.25) is 0 Å². The third kappa shape index (κ3) is 2.60. The van der Waals surface area contributed by atoms with Gasteiger partial charge in [-0.1, -0.05) is 65.1 Å². The predicted octanol–water partition coefficient (Wildman–Crippen LogP) is 4.39. The predicted molar refractivity (Wildman–Crippen MR) is 103 cm³/mol. The number of para-hydroxylation sites is 1. The van der Waals surface area contributed by atoms with Crippen molar-refractivity contribution in [2.24, 2.45) is 0 Å². The number of benzene rings is 2. The summed E-state index contributed by atoms with van der Waals surface area (Å²) in [5, 5.41) is 10.8. The Kier molecular flexibility index (Phi) is 3.50. The second-order valence-corrected chi connectivity index (χ2v) is 7.94. The molecule has 2 aromatic carbocycles. The fourth-order valence-electron chi connectivity index (χ4n) is 2.90. The molecule has 0 spiro atoms. The number of hydrogen-bond acceptors (Lipinski definition) is 6. The molecular weight excluding hydrogens is 350 g/mol. The minimum atomic E-state index is 0.721. The maximum absolute atomic E-state index is 4.78. The van der Waals surface area contributed by atoms with E-state index in [0.717, 1.165) is 39.7 Å². The molecule has 0 bridgehead atoms. The molecule has 1 aliphatic rings. The molecule has 5 nitrogen and oxygen atoms in total. The van der Waals surface area contributed by atoms with E-state index in [4.69, 9.17) is 4.98 Å². The molecule has 2 aromatic heterocycles. The number of thiazole rings is 1. The van der Waals surface area contributed by atoms with Crippen molar-refractivity contribution in [3.05, 3.63) is 54.1 Å². The molecule has 0 amide bonds. The Bertz CT molecular complexity index is 1020. The number of aromatic nitrogens is 4. The highest BCUT2D eigenvalue weighted by atomic mass is 32.2. The summed E-state index contributed by atoms with van der Waals surface area (Å²) in [6.45, 7) is 2.81. The first-order valence-corrected chi connectivity index (χ1v) is 9.82. The van der Waals surface area contributed by atoms with Gasteiger partial charge in [-0.05, 0) is 19.1 Å². The molecule has 0 fully saturated rings. The number of hydrogen-bond donors (Lipinski definition) is 0. The van der Waals surface area contributed by atoms with Gasteiger partial charge >= 0.3 is 0 Å². The molecule has 1 aliphatic heterocycles. The first kappa shape index (κ1) is 14.9. The molecule has 0 aliphatic carbocycles. The third-order valence-corrected chi connectivity index (χ3v) is 6.34. The van der Waals surface area contributed by atoms with Gasteiger partial charge in [0.1, 0.15) is 6.67 Å². The van der Waals surface area contributed by atoms with Crippen molar-refractivity contribution in [2.75, 3.05) is 10.8 Å². The van der Waals surface area contributed by atoms with Crippen LogP contribution in [-0.2, 0) is 6.67 Å². The molecule has 3 heterocycles. The van der Waals surface area contributed by atoms with E-state index in [1.54, 1.807) is 23.1 Å². The maximum Gasteiger partial charge on any atom is 0.194 e. The lowest BCUT2D eigenvalue weighted by Gasteiger charge is -2.27. The van der Waals surface area contributed by atoms with Crippen LogP contribution < -0.4 is 4.90 Å². The smallest absolute Gasteiger partial charge is 0.194 e. The summed E-state index contributed by atoms with van der Waals surface area (Å²) in [7, 11) is 0. The summed E-state index contributed by atoms with van der Waals surface area (Å²) in [6.07, 6.45) is 0. The van der Waals surface area contributed by atoms with Crippen LogP contribution in [-0.4, -0.2) is 25.6 Å². The van der Waals surface area contributed by atoms with Gasteiger partial charge in [-0.15, -0.1) is 10.2 Å². The molecule has 5 rings (SSSR count). The zero-order valence-electron chi connectivity index (χ0n) is 13.6. The van der Waals surface area contributed by atoms with E-state index in [1.165, 1.54) is 10.3 Å². The van der Waals surface area contributed by atoms with E-state index in [1.807, 2.05) is 6.07 Å². The van der Waals surface area contributed by atoms with Gasteiger partial charge in [-0.3, -0.25) is 4.57 Å². The van der Waals surface area contributed by atoms with Crippen molar-refractivity contribution in [1.82, 2.24) is 19.7 Å². The summed E-state index contributed by atoms with van der Waals surface area (Å²) in [4.78, 5) is 7.07. The van der Waals surface area contributed by atoms with E-state index in [9.17, 15) is 0 Å². The molecule has 0 N–H and O–H groups in total. The number of rotatable bonds is 2. The second-order valence-electron chi connectivity index (χ2n) is 6.02. The fraction of sp³-hybridized carbons (Fsp3) is 0.167. The summed E-state index contributed by atoms with van der Waals surface area (Å²) >= 11 is 3.43. The van der Waals surface area contributed by atoms with Crippen molar-refractivity contribution in [3.63, 3.8) is 0 Å². The summed E-state index contributed by atoms with van der Waals surface area (Å²) in [5.74, 6) is 1.75. The largest absolute Gasteiger partial charge is 0.320 e. The number of thioether (sulfide) groups is 1. The highest BCUT2D eigenvalue weighted by Crippen LogP contribution is 2.35. The first-order valence-electron chi connectivity index (χ1n) is 8.01. The Morgan fingerprint density at radius 2 is 1.84 bits per heavy atom. The average molecular weight is 365 g/mol. The summed E-state index contributed by atoms with van der Waals surface area (Å²) in [5.41, 5.74) is 3.39. The van der Waals surface area contributed by atoms with E-state index in [-0.39, 0.29) is 0 Å². The van der Waals surface area contributed by atoms with Crippen molar-refractivity contribution in [2.45, 2.75) is 18.7 Å². The monoisotopic (exact) mass is 365 g/mol. The lowest BCUT2D eigenvalue weighted by Crippen LogP contribution is -2.30. The SMILES string of the molecule is Cc1ccc(-c2nnc3n2CN(c2nc4ccccc4s2)CS3)cc1. The zero-order chi connectivity index (χ0) is 16.8. The second kappa shape index (κ2) is 5.86. The van der Waals surface area contributed by atoms with Gasteiger partial charge in [-0.25, -0.2) is 4.98 Å². The van der Waals surface area contributed by atoms with Gasteiger partial charge in [0.15, 0.2) is 16.1 Å². The summed E-state index contributed by atoms with van der Waals surface area (Å²) in [6, 6.07) is 16.7. The van der Waals surface area contributed by atoms with Crippen LogP contribution in [0.1, 0.15) is 5.56 Å². The molecule has 124 valence electrons. The van der Waals surface area contributed by atoms with E-state index in [0.29, 0.717) is 0 Å². The van der Waals surface area contributed by atoms with E-state index < -0.39 is 0 Å². The van der Waals surface area contributed by atoms with Gasteiger partial charge in [-0.2, -0.15) is 0 Å². The quantitative estimate of drug-likeness (QED) is 0.527. The van der Waals surface area contributed by atoms with E-state index in [2.05, 4.69) is 69.1 Å². The Labute approximate surface area is 153 Å². The van der Waals surface area contributed by atoms with Gasteiger partial charge in [0.05, 0.1) is 16.1 Å². The Hall–Kier alpha value is -2.38. The number of nitrogens with zero attached hydrogens (tertiary/aromatic N) is 5. The Morgan fingerprint density at radius 3 is 2.68 bits per heavy atom. The van der Waals surface area contributed by atoms with Crippen LogP contribution in [0.15, 0.2) is 53.7 Å². The maximum atomic E-state index is 4.78. The standard InChI is InChI=1S/C18H15N5S2/c1-12-6-8-13(9-7-12)16-20-21-18-23(16)10-22(11-24-18)17-19-14-4-2-3-5-15(14)25-17/h2-9H,10-11H2,1H3. The Morgan fingerprint density at radius 1 is 1.00 bits per heavy atom. The Balaban J connectivity index is 1.51. The highest BCUT2D eigenvalue weighted by molar-refractivity contribution is 7.99. The topological polar surface area (TPSA) is 46.8 Å². The molecule has 25 heavy (non-hydrogen) atoms. The number of aryl methyl sites for hydroxylation is 1. The lowest BCUT2D eigenvalue weighted by molar-refractivity contribution is 0.607. The first-order chi connectivity index (χ1) is 12.3. The average Bonchev–Trinajstić information content (AvgIpc) is 3.26. The van der Waals surface area contributed by atoms with Gasteiger partial charge in [0.2, 0.25) is 0 Å². The normalized spacial score (nSPS) is 14.0. The number of fused-ring (bicyclic) bond motifs is 2. The van der Waals surface area contributed by atoms with Crippen molar-refractivity contribution in [1.29, 1.82) is 0 Å². The molecule has 0 atom stereocenters. The summed E-state index contributed by atoms with van der Waals surface area (Å²) < 4.78 is 3.39. The van der Waals surface area contributed by atoms with Crippen molar-refractivity contribution >= 4 is 38.4 Å². The van der Waals surface area contributed by atoms with Crippen LogP contribution in [0.3, 0.4) is 0 Å². The van der Waals surface area contributed by atoms with Gasteiger partial charge in [0, 0.05) is 5.56 Å². The minimum Gasteiger partial charge on any atom is -0.320 e. The minimum absolute atomic E-state index is 0.721. The van der Waals surface area contributed by atoms with Gasteiger partial charge < -0.3 is 4.90 Å². The fourth-order valence-corrected chi connectivity index (χ4v) is 4.81. The van der Waals surface area contributed by atoms with Crippen molar-refractivity contribution < 1.29 is 0 Å². The third-order valence-electron chi connectivity index (χ3n) is 4.24. The van der Waals surface area contributed by atoms with Crippen LogP contribution in [0.4, 0.5) is 5.13 Å². The molecular formula is C18H15N5S2. The van der Waals surface area contributed by atoms with Crippen LogP contribution in [0.25, 0.3) is 21.6 Å². The number of anilines is 1. The molecule has 0 radical (unpaired) electrons. The molecule has 4 aromatic rings. The van der Waals surface area contributed by atoms with Crippen LogP contribution in [0.5, 0.6) is 0 Å². The van der Waals surface area contributed by atoms with Crippen LogP contribution >= 0.6 is 23.1 Å². The lowest BCUT2D eigenvalue weighted by atomic mass is 10.1. The highest BCUT2D eigenvalue weighted by Gasteiger charge is 2.24. The van der Waals surface area contributed by atoms with Gasteiger partial charge in [0.25, 0.3) is 0 Å².